The number of ether oxygens (including phenoxy) is 1. The van der Waals surface area contributed by atoms with Crippen molar-refractivity contribution in [2.24, 2.45) is 0 Å². The highest BCUT2D eigenvalue weighted by molar-refractivity contribution is 7.99. The van der Waals surface area contributed by atoms with E-state index in [9.17, 15) is 9.59 Å². The van der Waals surface area contributed by atoms with Crippen LogP contribution < -0.4 is 5.56 Å². The first-order valence-electron chi connectivity index (χ1n) is 9.48. The zero-order valence-electron chi connectivity index (χ0n) is 16.4. The minimum atomic E-state index is -0.0958. The fourth-order valence-electron chi connectivity index (χ4n) is 2.85. The van der Waals surface area contributed by atoms with Gasteiger partial charge in [0.2, 0.25) is 0 Å². The third-order valence-electron chi connectivity index (χ3n) is 4.30. The molecule has 0 aliphatic carbocycles. The molecule has 0 atom stereocenters. The summed E-state index contributed by atoms with van der Waals surface area (Å²) in [6, 6.07) is 14.1. The highest BCUT2D eigenvalue weighted by atomic mass is 35.5. The number of carbonyl (C=O) groups excluding carboxylic acids is 1. The third kappa shape index (κ3) is 5.69. The first-order chi connectivity index (χ1) is 14.0. The smallest absolute Gasteiger partial charge is 0.262 e. The Hall–Kier alpha value is -2.15. The van der Waals surface area contributed by atoms with Crippen LogP contribution in [0.2, 0.25) is 5.02 Å². The van der Waals surface area contributed by atoms with Gasteiger partial charge in [0.1, 0.15) is 0 Å². The molecule has 3 rings (SSSR count). The van der Waals surface area contributed by atoms with Gasteiger partial charge < -0.3 is 4.74 Å². The van der Waals surface area contributed by atoms with Gasteiger partial charge in [-0.1, -0.05) is 35.5 Å². The van der Waals surface area contributed by atoms with Gasteiger partial charge in [-0.05, 0) is 56.7 Å². The van der Waals surface area contributed by atoms with Crippen LogP contribution in [0.1, 0.15) is 30.6 Å². The van der Waals surface area contributed by atoms with Gasteiger partial charge in [0.15, 0.2) is 10.9 Å². The van der Waals surface area contributed by atoms with Crippen LogP contribution in [0.4, 0.5) is 0 Å². The maximum absolute atomic E-state index is 13.0. The number of para-hydroxylation sites is 1. The van der Waals surface area contributed by atoms with E-state index in [1.54, 1.807) is 34.9 Å². The van der Waals surface area contributed by atoms with E-state index in [1.807, 2.05) is 32.0 Å². The Kier molecular flexibility index (Phi) is 7.47. The van der Waals surface area contributed by atoms with E-state index >= 15 is 0 Å². The molecule has 0 bridgehead atoms. The molecule has 1 aromatic heterocycles. The summed E-state index contributed by atoms with van der Waals surface area (Å²) >= 11 is 7.16. The Morgan fingerprint density at radius 1 is 1.17 bits per heavy atom. The number of rotatable bonds is 9. The first kappa shape index (κ1) is 21.6. The number of thioether (sulfide) groups is 1. The van der Waals surface area contributed by atoms with Gasteiger partial charge in [0, 0.05) is 23.7 Å². The lowest BCUT2D eigenvalue weighted by molar-refractivity contribution is 0.0743. The summed E-state index contributed by atoms with van der Waals surface area (Å²) in [7, 11) is 0. The Bertz CT molecular complexity index is 1050. The van der Waals surface area contributed by atoms with E-state index in [2.05, 4.69) is 4.98 Å². The highest BCUT2D eigenvalue weighted by Gasteiger charge is 2.14. The molecule has 1 heterocycles. The highest BCUT2D eigenvalue weighted by Crippen LogP contribution is 2.20. The van der Waals surface area contributed by atoms with E-state index in [4.69, 9.17) is 16.3 Å². The third-order valence-corrected chi connectivity index (χ3v) is 5.53. The number of nitrogens with zero attached hydrogens (tertiary/aromatic N) is 2. The van der Waals surface area contributed by atoms with Crippen molar-refractivity contribution < 1.29 is 9.53 Å². The van der Waals surface area contributed by atoms with Crippen molar-refractivity contribution in [1.29, 1.82) is 0 Å². The van der Waals surface area contributed by atoms with Gasteiger partial charge in [-0.2, -0.15) is 0 Å². The molecule has 0 amide bonds. The fraction of sp³-hybridized carbons (Fsp3) is 0.318. The molecule has 7 heteroatoms. The zero-order chi connectivity index (χ0) is 20.8. The molecule has 3 aromatic rings. The Labute approximate surface area is 179 Å². The minimum absolute atomic E-state index is 0.0382. The molecule has 29 heavy (non-hydrogen) atoms. The van der Waals surface area contributed by atoms with E-state index in [1.165, 1.54) is 11.8 Å². The average Bonchev–Trinajstić information content (AvgIpc) is 2.71. The van der Waals surface area contributed by atoms with Crippen LogP contribution in [0.3, 0.4) is 0 Å². The predicted octanol–water partition coefficient (Wildman–Crippen LogP) is 4.84. The summed E-state index contributed by atoms with van der Waals surface area (Å²) in [6.07, 6.45) is 0.837. The number of ketones is 1. The molecular formula is C22H23ClN2O3S. The lowest BCUT2D eigenvalue weighted by atomic mass is 10.1. The summed E-state index contributed by atoms with van der Waals surface area (Å²) in [6.45, 7) is 5.01. The Morgan fingerprint density at radius 3 is 2.62 bits per heavy atom. The van der Waals surface area contributed by atoms with Crippen LogP contribution in [-0.2, 0) is 11.3 Å². The summed E-state index contributed by atoms with van der Waals surface area (Å²) in [4.78, 5) is 30.2. The molecule has 0 N–H and O–H groups in total. The van der Waals surface area contributed by atoms with Crippen molar-refractivity contribution in [2.45, 2.75) is 38.1 Å². The molecule has 0 aliphatic heterocycles. The molecule has 2 aromatic carbocycles. The van der Waals surface area contributed by atoms with Crippen molar-refractivity contribution in [2.75, 3.05) is 12.4 Å². The minimum Gasteiger partial charge on any atom is -0.379 e. The number of benzene rings is 2. The van der Waals surface area contributed by atoms with Crippen LogP contribution in [0.5, 0.6) is 0 Å². The maximum Gasteiger partial charge on any atom is 0.262 e. The van der Waals surface area contributed by atoms with E-state index in [0.29, 0.717) is 46.2 Å². The summed E-state index contributed by atoms with van der Waals surface area (Å²) in [5.74, 6) is 0.151. The van der Waals surface area contributed by atoms with Crippen LogP contribution in [0.25, 0.3) is 10.9 Å². The lowest BCUT2D eigenvalue weighted by Gasteiger charge is -2.14. The monoisotopic (exact) mass is 430 g/mol. The SMILES string of the molecule is CC(C)OCCCn1c(SCC(=O)c2ccc(Cl)cc2)nc2ccccc2c1=O. The van der Waals surface area contributed by atoms with Gasteiger partial charge in [0.25, 0.3) is 5.56 Å². The lowest BCUT2D eigenvalue weighted by Crippen LogP contribution is -2.24. The number of hydrogen-bond acceptors (Lipinski definition) is 5. The number of fused-ring (bicyclic) bond motifs is 1. The second-order valence-corrected chi connectivity index (χ2v) is 8.24. The van der Waals surface area contributed by atoms with Gasteiger partial charge in [-0.15, -0.1) is 0 Å². The molecule has 0 spiro atoms. The van der Waals surface area contributed by atoms with Crippen molar-refractivity contribution in [3.05, 3.63) is 69.5 Å². The molecular weight excluding hydrogens is 408 g/mol. The molecule has 0 aliphatic rings. The predicted molar refractivity (Wildman–Crippen MR) is 118 cm³/mol. The van der Waals surface area contributed by atoms with Crippen molar-refractivity contribution in [3.8, 4) is 0 Å². The molecule has 0 radical (unpaired) electrons. The standard InChI is InChI=1S/C22H23ClN2O3S/c1-15(2)28-13-5-12-25-21(27)18-6-3-4-7-19(18)24-22(25)29-14-20(26)16-8-10-17(23)11-9-16/h3-4,6-11,15H,5,12-14H2,1-2H3. The number of aromatic nitrogens is 2. The molecule has 0 fully saturated rings. The Morgan fingerprint density at radius 2 is 1.90 bits per heavy atom. The van der Waals surface area contributed by atoms with Crippen LogP contribution >= 0.6 is 23.4 Å². The summed E-state index contributed by atoms with van der Waals surface area (Å²) < 4.78 is 7.23. The number of Topliss-reactive ketones (excluding diaryl/α,β-unsaturated/α-hetero) is 1. The molecule has 5 nitrogen and oxygen atoms in total. The second-order valence-electron chi connectivity index (χ2n) is 6.86. The van der Waals surface area contributed by atoms with Crippen LogP contribution in [-0.4, -0.2) is 33.8 Å². The van der Waals surface area contributed by atoms with Crippen LogP contribution in [0, 0.1) is 0 Å². The molecule has 152 valence electrons. The summed E-state index contributed by atoms with van der Waals surface area (Å²) in [5, 5.41) is 1.70. The number of halogens is 1. The molecule has 0 unspecified atom stereocenters. The topological polar surface area (TPSA) is 61.2 Å². The second kappa shape index (κ2) is 10.1. The van der Waals surface area contributed by atoms with Crippen molar-refractivity contribution >= 4 is 40.0 Å². The van der Waals surface area contributed by atoms with Crippen molar-refractivity contribution in [1.82, 2.24) is 9.55 Å². The average molecular weight is 431 g/mol. The van der Waals surface area contributed by atoms with E-state index in [-0.39, 0.29) is 23.2 Å². The van der Waals surface area contributed by atoms with Gasteiger partial charge in [-0.25, -0.2) is 4.98 Å². The Balaban J connectivity index is 1.82. The van der Waals surface area contributed by atoms with E-state index in [0.717, 1.165) is 0 Å². The van der Waals surface area contributed by atoms with Crippen molar-refractivity contribution in [3.63, 3.8) is 0 Å². The maximum atomic E-state index is 13.0. The first-order valence-corrected chi connectivity index (χ1v) is 10.8. The summed E-state index contributed by atoms with van der Waals surface area (Å²) in [5.41, 5.74) is 1.12. The molecule has 0 saturated heterocycles. The number of carbonyl (C=O) groups is 1. The van der Waals surface area contributed by atoms with Crippen LogP contribution in [0.15, 0.2) is 58.5 Å². The number of hydrogen-bond donors (Lipinski definition) is 0. The van der Waals surface area contributed by atoms with Gasteiger partial charge >= 0.3 is 0 Å². The normalized spacial score (nSPS) is 11.3. The fourth-order valence-corrected chi connectivity index (χ4v) is 3.89. The van der Waals surface area contributed by atoms with E-state index < -0.39 is 0 Å². The molecule has 0 saturated carbocycles. The quantitative estimate of drug-likeness (QED) is 0.210. The largest absolute Gasteiger partial charge is 0.379 e. The zero-order valence-corrected chi connectivity index (χ0v) is 18.0. The van der Waals surface area contributed by atoms with Gasteiger partial charge in [-0.3, -0.25) is 14.2 Å². The van der Waals surface area contributed by atoms with Gasteiger partial charge in [0.05, 0.1) is 22.8 Å².